The lowest BCUT2D eigenvalue weighted by Crippen LogP contribution is -2.25. The molecule has 170 valence electrons. The normalized spacial score (nSPS) is 10.8. The highest BCUT2D eigenvalue weighted by atomic mass is 35.5. The Balaban J connectivity index is 1.60. The second kappa shape index (κ2) is 10.7. The van der Waals surface area contributed by atoms with Crippen molar-refractivity contribution < 1.29 is 14.3 Å². The third-order valence-electron chi connectivity index (χ3n) is 5.10. The van der Waals surface area contributed by atoms with E-state index in [0.29, 0.717) is 53.3 Å². The molecule has 0 radical (unpaired) electrons. The Kier molecular flexibility index (Phi) is 8.04. The SMILES string of the molecule is COc1ccc(C(=O)NCCCn2nc(C)c(Cl)c2Cl)cc1COc1cc(C)ccc1C. The molecule has 0 aliphatic heterocycles. The van der Waals surface area contributed by atoms with E-state index in [1.165, 1.54) is 0 Å². The minimum absolute atomic E-state index is 0.165. The molecule has 0 saturated carbocycles. The number of rotatable bonds is 9. The van der Waals surface area contributed by atoms with Crippen LogP contribution in [0, 0.1) is 20.8 Å². The van der Waals surface area contributed by atoms with Gasteiger partial charge in [0.25, 0.3) is 5.91 Å². The van der Waals surface area contributed by atoms with Gasteiger partial charge >= 0.3 is 0 Å². The van der Waals surface area contributed by atoms with E-state index in [0.717, 1.165) is 22.4 Å². The molecule has 2 aromatic carbocycles. The quantitative estimate of drug-likeness (QED) is 0.413. The fourth-order valence-corrected chi connectivity index (χ4v) is 3.66. The second-order valence-corrected chi connectivity index (χ2v) is 8.34. The molecule has 32 heavy (non-hydrogen) atoms. The zero-order valence-electron chi connectivity index (χ0n) is 18.7. The Hall–Kier alpha value is -2.70. The standard InChI is InChI=1S/C24H27Cl2N3O3/c1-15-6-7-16(2)21(12-15)32-14-19-13-18(8-9-20(19)31-4)24(30)27-10-5-11-29-23(26)22(25)17(3)28-29/h6-9,12-13H,5,10-11,14H2,1-4H3,(H,27,30). The molecule has 0 spiro atoms. The summed E-state index contributed by atoms with van der Waals surface area (Å²) in [6.45, 7) is 7.16. The van der Waals surface area contributed by atoms with Crippen molar-refractivity contribution >= 4 is 29.1 Å². The van der Waals surface area contributed by atoms with Gasteiger partial charge in [-0.2, -0.15) is 5.10 Å². The molecule has 1 heterocycles. The molecule has 0 fully saturated rings. The monoisotopic (exact) mass is 475 g/mol. The fraction of sp³-hybridized carbons (Fsp3) is 0.333. The van der Waals surface area contributed by atoms with Crippen LogP contribution in [0.3, 0.4) is 0 Å². The number of carbonyl (C=O) groups excluding carboxylic acids is 1. The molecule has 1 aromatic heterocycles. The summed E-state index contributed by atoms with van der Waals surface area (Å²) in [5.41, 5.74) is 4.21. The summed E-state index contributed by atoms with van der Waals surface area (Å²) in [4.78, 5) is 12.6. The van der Waals surface area contributed by atoms with Gasteiger partial charge < -0.3 is 14.8 Å². The molecule has 0 aliphatic carbocycles. The van der Waals surface area contributed by atoms with Crippen molar-refractivity contribution in [3.05, 3.63) is 74.5 Å². The van der Waals surface area contributed by atoms with E-state index in [2.05, 4.69) is 10.4 Å². The number of carbonyl (C=O) groups is 1. The van der Waals surface area contributed by atoms with Crippen LogP contribution < -0.4 is 14.8 Å². The zero-order chi connectivity index (χ0) is 23.3. The van der Waals surface area contributed by atoms with Crippen LogP contribution in [0.4, 0.5) is 0 Å². The van der Waals surface area contributed by atoms with Gasteiger partial charge in [-0.25, -0.2) is 0 Å². The lowest BCUT2D eigenvalue weighted by molar-refractivity contribution is 0.0952. The van der Waals surface area contributed by atoms with E-state index in [1.54, 1.807) is 36.9 Å². The first kappa shape index (κ1) is 24.0. The van der Waals surface area contributed by atoms with Crippen LogP contribution in [0.15, 0.2) is 36.4 Å². The highest BCUT2D eigenvalue weighted by molar-refractivity contribution is 6.41. The van der Waals surface area contributed by atoms with E-state index in [1.807, 2.05) is 32.0 Å². The maximum Gasteiger partial charge on any atom is 0.251 e. The topological polar surface area (TPSA) is 65.4 Å². The molecule has 8 heteroatoms. The molecule has 6 nitrogen and oxygen atoms in total. The van der Waals surface area contributed by atoms with E-state index in [4.69, 9.17) is 32.7 Å². The Morgan fingerprint density at radius 1 is 1.09 bits per heavy atom. The number of aryl methyl sites for hydroxylation is 4. The molecule has 0 saturated heterocycles. The minimum Gasteiger partial charge on any atom is -0.496 e. The van der Waals surface area contributed by atoms with E-state index in [-0.39, 0.29) is 5.91 Å². The Bertz CT molecular complexity index is 1110. The lowest BCUT2D eigenvalue weighted by atomic mass is 10.1. The molecular weight excluding hydrogens is 449 g/mol. The van der Waals surface area contributed by atoms with Crippen molar-refractivity contribution in [1.82, 2.24) is 15.1 Å². The van der Waals surface area contributed by atoms with Gasteiger partial charge in [0, 0.05) is 24.2 Å². The van der Waals surface area contributed by atoms with Gasteiger partial charge in [-0.05, 0) is 62.6 Å². The molecule has 0 bridgehead atoms. The van der Waals surface area contributed by atoms with Crippen molar-refractivity contribution in [2.24, 2.45) is 0 Å². The summed E-state index contributed by atoms with van der Waals surface area (Å²) in [5, 5.41) is 8.09. The van der Waals surface area contributed by atoms with Crippen LogP contribution >= 0.6 is 23.2 Å². The summed E-state index contributed by atoms with van der Waals surface area (Å²) >= 11 is 12.2. The zero-order valence-corrected chi connectivity index (χ0v) is 20.2. The van der Waals surface area contributed by atoms with Gasteiger partial charge in [-0.15, -0.1) is 0 Å². The third kappa shape index (κ3) is 5.75. The molecule has 0 aliphatic rings. The van der Waals surface area contributed by atoms with E-state index >= 15 is 0 Å². The molecule has 0 atom stereocenters. The molecule has 3 aromatic rings. The minimum atomic E-state index is -0.165. The fourth-order valence-electron chi connectivity index (χ4n) is 3.26. The van der Waals surface area contributed by atoms with Crippen LogP contribution in [0.5, 0.6) is 11.5 Å². The molecule has 3 rings (SSSR count). The average molecular weight is 476 g/mol. The van der Waals surface area contributed by atoms with Crippen molar-refractivity contribution in [2.75, 3.05) is 13.7 Å². The third-order valence-corrected chi connectivity index (χ3v) is 6.03. The maximum absolute atomic E-state index is 12.6. The largest absolute Gasteiger partial charge is 0.496 e. The van der Waals surface area contributed by atoms with Crippen molar-refractivity contribution in [3.8, 4) is 11.5 Å². The Labute approximate surface area is 198 Å². The van der Waals surface area contributed by atoms with E-state index in [9.17, 15) is 4.79 Å². The van der Waals surface area contributed by atoms with Gasteiger partial charge in [0.1, 0.15) is 28.3 Å². The van der Waals surface area contributed by atoms with Crippen LogP contribution in [-0.4, -0.2) is 29.3 Å². The Morgan fingerprint density at radius 2 is 1.88 bits per heavy atom. The van der Waals surface area contributed by atoms with Gasteiger partial charge in [0.15, 0.2) is 0 Å². The maximum atomic E-state index is 12.6. The number of nitrogens with zero attached hydrogens (tertiary/aromatic N) is 2. The van der Waals surface area contributed by atoms with Crippen molar-refractivity contribution in [3.63, 3.8) is 0 Å². The predicted molar refractivity (Wildman–Crippen MR) is 127 cm³/mol. The van der Waals surface area contributed by atoms with Gasteiger partial charge in [0.2, 0.25) is 0 Å². The first-order chi connectivity index (χ1) is 15.3. The second-order valence-electron chi connectivity index (χ2n) is 7.61. The number of hydrogen-bond acceptors (Lipinski definition) is 4. The number of aromatic nitrogens is 2. The first-order valence-electron chi connectivity index (χ1n) is 10.3. The summed E-state index contributed by atoms with van der Waals surface area (Å²) in [7, 11) is 1.60. The van der Waals surface area contributed by atoms with Crippen LogP contribution in [0.25, 0.3) is 0 Å². The lowest BCUT2D eigenvalue weighted by Gasteiger charge is -2.14. The molecule has 0 unspecified atom stereocenters. The number of benzene rings is 2. The molecule has 1 amide bonds. The molecule has 1 N–H and O–H groups in total. The van der Waals surface area contributed by atoms with Gasteiger partial charge in [-0.3, -0.25) is 9.48 Å². The van der Waals surface area contributed by atoms with E-state index < -0.39 is 0 Å². The number of ether oxygens (including phenoxy) is 2. The average Bonchev–Trinajstić information content (AvgIpc) is 3.03. The summed E-state index contributed by atoms with van der Waals surface area (Å²) in [5.74, 6) is 1.32. The number of amides is 1. The van der Waals surface area contributed by atoms with Crippen LogP contribution in [0.2, 0.25) is 10.2 Å². The smallest absolute Gasteiger partial charge is 0.251 e. The highest BCUT2D eigenvalue weighted by Gasteiger charge is 2.13. The number of nitrogens with one attached hydrogen (secondary N) is 1. The van der Waals surface area contributed by atoms with Gasteiger partial charge in [0.05, 0.1) is 12.8 Å². The summed E-state index contributed by atoms with van der Waals surface area (Å²) in [6, 6.07) is 11.4. The number of hydrogen-bond donors (Lipinski definition) is 1. The Morgan fingerprint density at radius 3 is 2.56 bits per heavy atom. The van der Waals surface area contributed by atoms with Crippen molar-refractivity contribution in [2.45, 2.75) is 40.3 Å². The number of methoxy groups -OCH3 is 1. The highest BCUT2D eigenvalue weighted by Crippen LogP contribution is 2.26. The first-order valence-corrected chi connectivity index (χ1v) is 11.1. The summed E-state index contributed by atoms with van der Waals surface area (Å²) in [6.07, 6.45) is 0.668. The molecular formula is C24H27Cl2N3O3. The van der Waals surface area contributed by atoms with Crippen LogP contribution in [0.1, 0.15) is 39.2 Å². The van der Waals surface area contributed by atoms with Gasteiger partial charge in [-0.1, -0.05) is 35.3 Å². The number of halogens is 2. The predicted octanol–water partition coefficient (Wildman–Crippen LogP) is 5.52. The van der Waals surface area contributed by atoms with Crippen molar-refractivity contribution in [1.29, 1.82) is 0 Å². The summed E-state index contributed by atoms with van der Waals surface area (Å²) < 4.78 is 13.1. The van der Waals surface area contributed by atoms with Crippen LogP contribution in [-0.2, 0) is 13.2 Å².